The molecule has 0 saturated carbocycles. The summed E-state index contributed by atoms with van der Waals surface area (Å²) < 4.78 is 5.85. The van der Waals surface area contributed by atoms with Gasteiger partial charge in [-0.25, -0.2) is 4.98 Å². The Labute approximate surface area is 131 Å². The average molecular weight is 311 g/mol. The maximum absolute atomic E-state index is 12.4. The summed E-state index contributed by atoms with van der Waals surface area (Å²) in [6, 6.07) is 9.81. The molecule has 1 aliphatic heterocycles. The van der Waals surface area contributed by atoms with Gasteiger partial charge in [0.2, 0.25) is 5.89 Å². The van der Waals surface area contributed by atoms with Crippen LogP contribution in [0.4, 0.5) is 0 Å². The minimum absolute atomic E-state index is 0.0115. The monoisotopic (exact) mass is 311 g/mol. The third kappa shape index (κ3) is 2.31. The molecule has 22 heavy (non-hydrogen) atoms. The van der Waals surface area contributed by atoms with Gasteiger partial charge in [0, 0.05) is 18.5 Å². The van der Waals surface area contributed by atoms with Gasteiger partial charge in [0.15, 0.2) is 0 Å². The van der Waals surface area contributed by atoms with Crippen LogP contribution in [0.15, 0.2) is 46.5 Å². The first-order valence-electron chi connectivity index (χ1n) is 7.03. The second-order valence-corrected chi connectivity index (χ2v) is 5.98. The van der Waals surface area contributed by atoms with Crippen LogP contribution in [-0.2, 0) is 13.0 Å². The lowest BCUT2D eigenvalue weighted by Crippen LogP contribution is -2.35. The van der Waals surface area contributed by atoms with Crippen molar-refractivity contribution in [3.8, 4) is 11.5 Å². The van der Waals surface area contributed by atoms with Gasteiger partial charge >= 0.3 is 0 Å². The molecule has 0 fully saturated rings. The van der Waals surface area contributed by atoms with Gasteiger partial charge < -0.3 is 9.32 Å². The number of carbonyl (C=O) groups is 1. The first kappa shape index (κ1) is 13.2. The predicted octanol–water partition coefficient (Wildman–Crippen LogP) is 3.00. The number of nitrogens with zero attached hydrogens (tertiary/aromatic N) is 3. The van der Waals surface area contributed by atoms with Crippen molar-refractivity contribution in [2.45, 2.75) is 13.0 Å². The summed E-state index contributed by atoms with van der Waals surface area (Å²) in [4.78, 5) is 23.4. The molecule has 0 N–H and O–H groups in total. The van der Waals surface area contributed by atoms with Crippen LogP contribution >= 0.6 is 11.3 Å². The van der Waals surface area contributed by atoms with Crippen molar-refractivity contribution in [3.05, 3.63) is 58.4 Å². The fraction of sp³-hybridized carbons (Fsp3) is 0.188. The minimum Gasteiger partial charge on any atom is -0.441 e. The minimum atomic E-state index is 0.0115. The highest BCUT2D eigenvalue weighted by atomic mass is 32.1. The molecule has 5 nitrogen and oxygen atoms in total. The number of hydrogen-bond acceptors (Lipinski definition) is 5. The molecule has 1 amide bonds. The predicted molar refractivity (Wildman–Crippen MR) is 82.5 cm³/mol. The van der Waals surface area contributed by atoms with Gasteiger partial charge in [-0.3, -0.25) is 9.78 Å². The van der Waals surface area contributed by atoms with Crippen LogP contribution in [0.2, 0.25) is 0 Å². The molecule has 0 bridgehead atoms. The molecule has 3 heterocycles. The maximum atomic E-state index is 12.4. The molecule has 110 valence electrons. The van der Waals surface area contributed by atoms with Crippen molar-refractivity contribution in [2.24, 2.45) is 0 Å². The molecule has 0 radical (unpaired) electrons. The standard InChI is InChI=1S/C16H13N3O2S/c20-16(14-8-17-10-22-14)19-7-6-13-12(9-19)18-15(21-13)11-4-2-1-3-5-11/h1-5,8,10H,6-7,9H2. The van der Waals surface area contributed by atoms with Crippen molar-refractivity contribution < 1.29 is 9.21 Å². The van der Waals surface area contributed by atoms with Gasteiger partial charge in [0.05, 0.1) is 18.3 Å². The first-order chi connectivity index (χ1) is 10.8. The van der Waals surface area contributed by atoms with Gasteiger partial charge in [0.25, 0.3) is 5.91 Å². The highest BCUT2D eigenvalue weighted by Crippen LogP contribution is 2.27. The van der Waals surface area contributed by atoms with Crippen LogP contribution in [0.25, 0.3) is 11.5 Å². The zero-order valence-electron chi connectivity index (χ0n) is 11.7. The molecule has 1 aromatic carbocycles. The number of thiazole rings is 1. The number of oxazole rings is 1. The van der Waals surface area contributed by atoms with E-state index in [9.17, 15) is 4.79 Å². The van der Waals surface area contributed by atoms with E-state index in [0.29, 0.717) is 30.3 Å². The summed E-state index contributed by atoms with van der Waals surface area (Å²) in [5.74, 6) is 1.52. The molecule has 0 spiro atoms. The Morgan fingerprint density at radius 3 is 2.91 bits per heavy atom. The lowest BCUT2D eigenvalue weighted by molar-refractivity contribution is 0.0732. The Kier molecular flexibility index (Phi) is 3.23. The SMILES string of the molecule is O=C(c1cncs1)N1CCc2oc(-c3ccccc3)nc2C1. The highest BCUT2D eigenvalue weighted by molar-refractivity contribution is 7.11. The Morgan fingerprint density at radius 1 is 1.27 bits per heavy atom. The van der Waals surface area contributed by atoms with Crippen molar-refractivity contribution in [1.82, 2.24) is 14.9 Å². The van der Waals surface area contributed by atoms with Crippen molar-refractivity contribution in [1.29, 1.82) is 0 Å². The summed E-state index contributed by atoms with van der Waals surface area (Å²) in [6.07, 6.45) is 2.31. The Morgan fingerprint density at radius 2 is 2.14 bits per heavy atom. The lowest BCUT2D eigenvalue weighted by atomic mass is 10.1. The number of fused-ring (bicyclic) bond motifs is 1. The molecule has 6 heteroatoms. The van der Waals surface area contributed by atoms with E-state index in [4.69, 9.17) is 4.42 Å². The Bertz CT molecular complexity index is 796. The lowest BCUT2D eigenvalue weighted by Gasteiger charge is -2.24. The average Bonchev–Trinajstić information content (AvgIpc) is 3.23. The summed E-state index contributed by atoms with van der Waals surface area (Å²) in [7, 11) is 0. The molecule has 0 aliphatic carbocycles. The summed E-state index contributed by atoms with van der Waals surface area (Å²) in [5, 5.41) is 0. The molecular weight excluding hydrogens is 298 g/mol. The van der Waals surface area contributed by atoms with Gasteiger partial charge in [-0.1, -0.05) is 18.2 Å². The number of rotatable bonds is 2. The van der Waals surface area contributed by atoms with E-state index in [1.165, 1.54) is 11.3 Å². The van der Waals surface area contributed by atoms with Gasteiger partial charge in [-0.05, 0) is 12.1 Å². The van der Waals surface area contributed by atoms with Crippen LogP contribution in [0.3, 0.4) is 0 Å². The second kappa shape index (κ2) is 5.38. The molecule has 1 aliphatic rings. The number of amides is 1. The van der Waals surface area contributed by atoms with Crippen LogP contribution < -0.4 is 0 Å². The second-order valence-electron chi connectivity index (χ2n) is 5.10. The van der Waals surface area contributed by atoms with Crippen LogP contribution in [0, 0.1) is 0 Å². The van der Waals surface area contributed by atoms with Crippen molar-refractivity contribution >= 4 is 17.2 Å². The smallest absolute Gasteiger partial charge is 0.265 e. The van der Waals surface area contributed by atoms with E-state index in [2.05, 4.69) is 9.97 Å². The van der Waals surface area contributed by atoms with Crippen LogP contribution in [0.5, 0.6) is 0 Å². The fourth-order valence-electron chi connectivity index (χ4n) is 2.55. The topological polar surface area (TPSA) is 59.2 Å². The van der Waals surface area contributed by atoms with E-state index in [0.717, 1.165) is 17.0 Å². The molecule has 4 rings (SSSR count). The zero-order chi connectivity index (χ0) is 14.9. The number of carbonyl (C=O) groups excluding carboxylic acids is 1. The van der Waals surface area contributed by atoms with Gasteiger partial charge in [-0.2, -0.15) is 0 Å². The first-order valence-corrected chi connectivity index (χ1v) is 7.91. The normalized spacial score (nSPS) is 13.9. The summed E-state index contributed by atoms with van der Waals surface area (Å²) >= 11 is 1.36. The largest absolute Gasteiger partial charge is 0.441 e. The third-order valence-electron chi connectivity index (χ3n) is 3.68. The molecule has 0 atom stereocenters. The van der Waals surface area contributed by atoms with Crippen LogP contribution in [0.1, 0.15) is 21.1 Å². The molecule has 0 saturated heterocycles. The number of hydrogen-bond donors (Lipinski definition) is 0. The Hall–Kier alpha value is -2.47. The van der Waals surface area contributed by atoms with Crippen molar-refractivity contribution in [2.75, 3.05) is 6.54 Å². The molecular formula is C16H13N3O2S. The van der Waals surface area contributed by atoms with E-state index < -0.39 is 0 Å². The molecule has 2 aromatic heterocycles. The fourth-order valence-corrected chi connectivity index (χ4v) is 3.14. The number of aromatic nitrogens is 2. The van der Waals surface area contributed by atoms with Gasteiger partial charge in [-0.15, -0.1) is 11.3 Å². The van der Waals surface area contributed by atoms with E-state index in [1.54, 1.807) is 16.6 Å². The third-order valence-corrected chi connectivity index (χ3v) is 4.44. The zero-order valence-corrected chi connectivity index (χ0v) is 12.5. The van der Waals surface area contributed by atoms with E-state index >= 15 is 0 Å². The number of benzene rings is 1. The Balaban J connectivity index is 1.59. The summed E-state index contributed by atoms with van der Waals surface area (Å²) in [6.45, 7) is 1.13. The molecule has 3 aromatic rings. The quantitative estimate of drug-likeness (QED) is 0.730. The van der Waals surface area contributed by atoms with Gasteiger partial charge in [0.1, 0.15) is 16.3 Å². The van der Waals surface area contributed by atoms with Crippen LogP contribution in [-0.4, -0.2) is 27.3 Å². The molecule has 0 unspecified atom stereocenters. The van der Waals surface area contributed by atoms with Crippen molar-refractivity contribution in [3.63, 3.8) is 0 Å². The van der Waals surface area contributed by atoms with E-state index in [1.807, 2.05) is 30.3 Å². The maximum Gasteiger partial charge on any atom is 0.265 e. The highest BCUT2D eigenvalue weighted by Gasteiger charge is 2.27. The van der Waals surface area contributed by atoms with E-state index in [-0.39, 0.29) is 5.91 Å². The summed E-state index contributed by atoms with van der Waals surface area (Å²) in [5.41, 5.74) is 3.48.